The molecule has 4 rings (SSSR count). The molecular weight excluding hydrogens is 432 g/mol. The molecule has 0 spiro atoms. The highest BCUT2D eigenvalue weighted by atomic mass is 35.5. The molecule has 3 aromatic rings. The zero-order valence-corrected chi connectivity index (χ0v) is 19.9. The van der Waals surface area contributed by atoms with Gasteiger partial charge in [0.1, 0.15) is 5.75 Å². The van der Waals surface area contributed by atoms with Gasteiger partial charge in [-0.3, -0.25) is 4.79 Å². The minimum Gasteiger partial charge on any atom is -0.493 e. The average molecular weight is 463 g/mol. The van der Waals surface area contributed by atoms with Gasteiger partial charge in [-0.05, 0) is 85.4 Å². The van der Waals surface area contributed by atoms with Gasteiger partial charge in [-0.2, -0.15) is 0 Å². The van der Waals surface area contributed by atoms with E-state index < -0.39 is 0 Å². The molecular formula is C28H31ClN2O2. The lowest BCUT2D eigenvalue weighted by Gasteiger charge is -2.19. The Morgan fingerprint density at radius 2 is 1.82 bits per heavy atom. The zero-order valence-electron chi connectivity index (χ0n) is 19.1. The minimum absolute atomic E-state index is 0.0949. The largest absolute Gasteiger partial charge is 0.493 e. The van der Waals surface area contributed by atoms with Gasteiger partial charge in [0.05, 0.1) is 6.61 Å². The number of ether oxygens (including phenoxy) is 1. The maximum atomic E-state index is 12.9. The van der Waals surface area contributed by atoms with E-state index in [2.05, 4.69) is 41.5 Å². The molecule has 1 heterocycles. The summed E-state index contributed by atoms with van der Waals surface area (Å²) in [6, 6.07) is 22.0. The van der Waals surface area contributed by atoms with E-state index in [1.165, 1.54) is 17.5 Å². The molecule has 0 aliphatic carbocycles. The number of hydrogen-bond acceptors (Lipinski definition) is 3. The first kappa shape index (κ1) is 23.3. The molecule has 0 radical (unpaired) electrons. The Hall–Kier alpha value is -2.82. The molecule has 0 atom stereocenters. The Kier molecular flexibility index (Phi) is 8.03. The number of nitrogens with one attached hydrogen (secondary N) is 1. The van der Waals surface area contributed by atoms with Crippen molar-refractivity contribution in [2.24, 2.45) is 0 Å². The maximum absolute atomic E-state index is 12.9. The molecule has 1 amide bonds. The fourth-order valence-corrected chi connectivity index (χ4v) is 4.30. The summed E-state index contributed by atoms with van der Waals surface area (Å²) >= 11 is 5.95. The third-order valence-electron chi connectivity index (χ3n) is 5.97. The fraction of sp³-hybridized carbons (Fsp3) is 0.321. The second-order valence-corrected chi connectivity index (χ2v) is 9.21. The van der Waals surface area contributed by atoms with Crippen molar-refractivity contribution in [1.82, 2.24) is 10.2 Å². The average Bonchev–Trinajstić information content (AvgIpc) is 2.81. The standard InChI is InChI=1S/C28H31ClN2O2/c1-31-14-3-2-4-15-33-27-13-10-24(28(32)30-19-21-8-11-26(29)12-9-21)18-25(27)17-22-6-5-7-23(16-22)20-31/h5-13,16,18H,2-4,14-15,17,19-20H2,1H3,(H,30,32). The Morgan fingerprint density at radius 1 is 1.00 bits per heavy atom. The van der Waals surface area contributed by atoms with Crippen LogP contribution in [0.4, 0.5) is 0 Å². The van der Waals surface area contributed by atoms with Gasteiger partial charge in [-0.15, -0.1) is 0 Å². The normalized spacial score (nSPS) is 15.1. The highest BCUT2D eigenvalue weighted by molar-refractivity contribution is 6.30. The smallest absolute Gasteiger partial charge is 0.251 e. The van der Waals surface area contributed by atoms with Gasteiger partial charge in [0.2, 0.25) is 0 Å². The van der Waals surface area contributed by atoms with Crippen LogP contribution in [0.5, 0.6) is 5.75 Å². The molecule has 3 aromatic carbocycles. The van der Waals surface area contributed by atoms with E-state index >= 15 is 0 Å². The van der Waals surface area contributed by atoms with Crippen LogP contribution in [0, 0.1) is 0 Å². The molecule has 172 valence electrons. The van der Waals surface area contributed by atoms with Crippen LogP contribution in [0.2, 0.25) is 5.02 Å². The van der Waals surface area contributed by atoms with Gasteiger partial charge >= 0.3 is 0 Å². The quantitative estimate of drug-likeness (QED) is 0.530. The molecule has 1 N–H and O–H groups in total. The van der Waals surface area contributed by atoms with E-state index in [4.69, 9.17) is 16.3 Å². The van der Waals surface area contributed by atoms with Crippen LogP contribution in [0.1, 0.15) is 51.9 Å². The van der Waals surface area contributed by atoms with Crippen LogP contribution in [-0.2, 0) is 19.5 Å². The van der Waals surface area contributed by atoms with Gasteiger partial charge in [-0.25, -0.2) is 0 Å². The first-order valence-corrected chi connectivity index (χ1v) is 12.0. The predicted octanol–water partition coefficient (Wildman–Crippen LogP) is 5.86. The Morgan fingerprint density at radius 3 is 2.67 bits per heavy atom. The Labute approximate surface area is 201 Å². The van der Waals surface area contributed by atoms with Gasteiger partial charge in [0.25, 0.3) is 5.91 Å². The van der Waals surface area contributed by atoms with Crippen molar-refractivity contribution in [3.63, 3.8) is 0 Å². The third kappa shape index (κ3) is 6.83. The molecule has 2 bridgehead atoms. The van der Waals surface area contributed by atoms with Crippen molar-refractivity contribution >= 4 is 17.5 Å². The van der Waals surface area contributed by atoms with Crippen LogP contribution in [-0.4, -0.2) is 31.0 Å². The van der Waals surface area contributed by atoms with Gasteiger partial charge < -0.3 is 15.0 Å². The van der Waals surface area contributed by atoms with Crippen molar-refractivity contribution in [3.8, 4) is 5.75 Å². The number of benzene rings is 3. The topological polar surface area (TPSA) is 41.6 Å². The summed E-state index contributed by atoms with van der Waals surface area (Å²) in [5.41, 5.74) is 5.23. The second-order valence-electron chi connectivity index (χ2n) is 8.78. The number of nitrogens with zero attached hydrogens (tertiary/aromatic N) is 1. The molecule has 0 fully saturated rings. The highest BCUT2D eigenvalue weighted by Gasteiger charge is 2.13. The first-order valence-electron chi connectivity index (χ1n) is 11.6. The van der Waals surface area contributed by atoms with Crippen LogP contribution < -0.4 is 10.1 Å². The van der Waals surface area contributed by atoms with Crippen molar-refractivity contribution in [3.05, 3.63) is 99.6 Å². The number of halogens is 1. The van der Waals surface area contributed by atoms with E-state index in [9.17, 15) is 4.79 Å². The monoisotopic (exact) mass is 462 g/mol. The molecule has 1 aliphatic heterocycles. The lowest BCUT2D eigenvalue weighted by Crippen LogP contribution is -2.23. The minimum atomic E-state index is -0.0949. The van der Waals surface area contributed by atoms with E-state index in [-0.39, 0.29) is 5.91 Å². The Bertz CT molecular complexity index is 1080. The van der Waals surface area contributed by atoms with Gasteiger partial charge in [-0.1, -0.05) is 48.0 Å². The number of hydrogen-bond donors (Lipinski definition) is 1. The summed E-state index contributed by atoms with van der Waals surface area (Å²) in [5, 5.41) is 3.69. The summed E-state index contributed by atoms with van der Waals surface area (Å²) in [6.45, 7) is 3.19. The lowest BCUT2D eigenvalue weighted by atomic mass is 9.99. The van der Waals surface area contributed by atoms with Gasteiger partial charge in [0.15, 0.2) is 0 Å². The summed E-state index contributed by atoms with van der Waals surface area (Å²) in [5.74, 6) is 0.770. The molecule has 0 aromatic heterocycles. The van der Waals surface area contributed by atoms with Crippen LogP contribution in [0.25, 0.3) is 0 Å². The van der Waals surface area contributed by atoms with Gasteiger partial charge in [0, 0.05) is 30.1 Å². The summed E-state index contributed by atoms with van der Waals surface area (Å²) < 4.78 is 6.15. The fourth-order valence-electron chi connectivity index (χ4n) is 4.18. The number of carbonyl (C=O) groups is 1. The zero-order chi connectivity index (χ0) is 23.0. The lowest BCUT2D eigenvalue weighted by molar-refractivity contribution is 0.0950. The molecule has 0 saturated carbocycles. The first-order chi connectivity index (χ1) is 16.1. The van der Waals surface area contributed by atoms with Crippen LogP contribution in [0.15, 0.2) is 66.7 Å². The number of rotatable bonds is 3. The summed E-state index contributed by atoms with van der Waals surface area (Å²) in [7, 11) is 2.18. The predicted molar refractivity (Wildman–Crippen MR) is 134 cm³/mol. The van der Waals surface area contributed by atoms with Crippen molar-refractivity contribution in [2.45, 2.75) is 38.8 Å². The molecule has 1 aliphatic rings. The highest BCUT2D eigenvalue weighted by Crippen LogP contribution is 2.25. The number of amides is 1. The molecule has 0 saturated heterocycles. The van der Waals surface area contributed by atoms with E-state index in [1.807, 2.05) is 42.5 Å². The second kappa shape index (κ2) is 11.4. The Balaban J connectivity index is 1.54. The van der Waals surface area contributed by atoms with Crippen molar-refractivity contribution in [1.29, 1.82) is 0 Å². The number of carbonyl (C=O) groups excluding carboxylic acids is 1. The summed E-state index contributed by atoms with van der Waals surface area (Å²) in [6.07, 6.45) is 4.07. The van der Waals surface area contributed by atoms with Crippen molar-refractivity contribution < 1.29 is 9.53 Å². The molecule has 4 nitrogen and oxygen atoms in total. The SMILES string of the molecule is CN1CCCCCOc2ccc(C(=O)NCc3ccc(Cl)cc3)cc2Cc2cccc(c2)C1. The van der Waals surface area contributed by atoms with E-state index in [0.717, 1.165) is 49.2 Å². The summed E-state index contributed by atoms with van der Waals surface area (Å²) in [4.78, 5) is 15.2. The molecule has 33 heavy (non-hydrogen) atoms. The van der Waals surface area contributed by atoms with Crippen LogP contribution >= 0.6 is 11.6 Å². The van der Waals surface area contributed by atoms with E-state index in [1.54, 1.807) is 0 Å². The third-order valence-corrected chi connectivity index (χ3v) is 6.22. The number of fused-ring (bicyclic) bond motifs is 3. The van der Waals surface area contributed by atoms with Crippen LogP contribution in [0.3, 0.4) is 0 Å². The van der Waals surface area contributed by atoms with E-state index in [0.29, 0.717) is 23.7 Å². The maximum Gasteiger partial charge on any atom is 0.251 e. The van der Waals surface area contributed by atoms with Crippen molar-refractivity contribution in [2.75, 3.05) is 20.2 Å². The molecule has 0 unspecified atom stereocenters. The molecule has 5 heteroatoms.